The Balaban J connectivity index is 1.35. The SMILES string of the molecule is Cn1ccnc1C(NC(=O)COC(=O)c1cc(-c2ccccc2)nn1-c1ccccc1)c1ccccc1. The molecule has 0 fully saturated rings. The Labute approximate surface area is 214 Å². The highest BCUT2D eigenvalue weighted by Crippen LogP contribution is 2.23. The topological polar surface area (TPSA) is 91.0 Å². The van der Waals surface area contributed by atoms with Crippen molar-refractivity contribution in [3.8, 4) is 16.9 Å². The monoisotopic (exact) mass is 491 g/mol. The average molecular weight is 492 g/mol. The van der Waals surface area contributed by atoms with Crippen molar-refractivity contribution in [2.45, 2.75) is 6.04 Å². The quantitative estimate of drug-likeness (QED) is 0.326. The zero-order valence-corrected chi connectivity index (χ0v) is 20.2. The van der Waals surface area contributed by atoms with Crippen LogP contribution >= 0.6 is 0 Å². The van der Waals surface area contributed by atoms with Crippen LogP contribution in [0.5, 0.6) is 0 Å². The molecule has 2 aromatic heterocycles. The standard InChI is InChI=1S/C29H25N5O3/c1-33-18-17-30-28(33)27(22-13-7-3-8-14-22)31-26(35)20-37-29(36)25-19-24(21-11-5-2-6-12-21)32-34(25)23-15-9-4-10-16-23/h2-19,27H,20H2,1H3,(H,31,35). The van der Waals surface area contributed by atoms with E-state index in [4.69, 9.17) is 4.74 Å². The maximum atomic E-state index is 13.1. The van der Waals surface area contributed by atoms with Crippen molar-refractivity contribution in [2.75, 3.05) is 6.61 Å². The third-order valence-electron chi connectivity index (χ3n) is 5.88. The molecule has 1 atom stereocenters. The number of nitrogens with zero attached hydrogens (tertiary/aromatic N) is 4. The molecule has 0 aliphatic carbocycles. The molecular formula is C29H25N5O3. The molecule has 5 aromatic rings. The molecule has 184 valence electrons. The first-order chi connectivity index (χ1) is 18.1. The van der Waals surface area contributed by atoms with Gasteiger partial charge in [-0.25, -0.2) is 14.5 Å². The molecule has 0 spiro atoms. The molecule has 0 saturated carbocycles. The van der Waals surface area contributed by atoms with Crippen molar-refractivity contribution in [1.82, 2.24) is 24.6 Å². The Morgan fingerprint density at radius 3 is 2.22 bits per heavy atom. The molecule has 1 unspecified atom stereocenters. The molecule has 1 amide bonds. The van der Waals surface area contributed by atoms with Gasteiger partial charge in [0.05, 0.1) is 11.4 Å². The summed E-state index contributed by atoms with van der Waals surface area (Å²) in [5.74, 6) is -0.429. The third-order valence-corrected chi connectivity index (χ3v) is 5.88. The highest BCUT2D eigenvalue weighted by molar-refractivity contribution is 5.91. The summed E-state index contributed by atoms with van der Waals surface area (Å²) in [5, 5.41) is 7.57. The first-order valence-electron chi connectivity index (χ1n) is 11.8. The van der Waals surface area contributed by atoms with E-state index in [1.807, 2.05) is 109 Å². The predicted molar refractivity (Wildman–Crippen MR) is 139 cm³/mol. The Bertz CT molecular complexity index is 1490. The number of hydrogen-bond acceptors (Lipinski definition) is 5. The number of para-hydroxylation sites is 1. The normalized spacial score (nSPS) is 11.6. The fraction of sp³-hybridized carbons (Fsp3) is 0.103. The van der Waals surface area contributed by atoms with E-state index < -0.39 is 24.5 Å². The average Bonchev–Trinajstić information content (AvgIpc) is 3.59. The van der Waals surface area contributed by atoms with Crippen LogP contribution in [0.1, 0.15) is 27.9 Å². The number of nitrogens with one attached hydrogen (secondary N) is 1. The second-order valence-electron chi connectivity index (χ2n) is 8.41. The zero-order chi connectivity index (χ0) is 25.6. The Morgan fingerprint density at radius 1 is 0.919 bits per heavy atom. The fourth-order valence-corrected chi connectivity index (χ4v) is 4.05. The summed E-state index contributed by atoms with van der Waals surface area (Å²) >= 11 is 0. The summed E-state index contributed by atoms with van der Waals surface area (Å²) in [6.07, 6.45) is 3.49. The van der Waals surface area contributed by atoms with E-state index in [1.165, 1.54) is 4.68 Å². The molecule has 0 radical (unpaired) electrons. The zero-order valence-electron chi connectivity index (χ0n) is 20.2. The number of imidazole rings is 1. The van der Waals surface area contributed by atoms with Gasteiger partial charge in [0, 0.05) is 25.0 Å². The van der Waals surface area contributed by atoms with Crippen LogP contribution in [0.25, 0.3) is 16.9 Å². The lowest BCUT2D eigenvalue weighted by Crippen LogP contribution is -2.34. The van der Waals surface area contributed by atoms with E-state index in [9.17, 15) is 9.59 Å². The summed E-state index contributed by atoms with van der Waals surface area (Å²) in [4.78, 5) is 30.4. The van der Waals surface area contributed by atoms with E-state index in [1.54, 1.807) is 12.3 Å². The van der Waals surface area contributed by atoms with Gasteiger partial charge in [0.15, 0.2) is 12.3 Å². The van der Waals surface area contributed by atoms with Gasteiger partial charge in [-0.15, -0.1) is 0 Å². The molecule has 0 saturated heterocycles. The van der Waals surface area contributed by atoms with Gasteiger partial charge in [0.1, 0.15) is 11.9 Å². The molecule has 0 aliphatic heterocycles. The van der Waals surface area contributed by atoms with Gasteiger partial charge in [-0.2, -0.15) is 5.10 Å². The summed E-state index contributed by atoms with van der Waals surface area (Å²) in [5.41, 5.74) is 3.29. The Morgan fingerprint density at radius 2 is 1.57 bits per heavy atom. The second-order valence-corrected chi connectivity index (χ2v) is 8.41. The first kappa shape index (κ1) is 23.7. The van der Waals surface area contributed by atoms with Crippen LogP contribution in [0.3, 0.4) is 0 Å². The van der Waals surface area contributed by atoms with Gasteiger partial charge in [0.2, 0.25) is 0 Å². The van der Waals surface area contributed by atoms with Crippen LogP contribution in [-0.4, -0.2) is 37.8 Å². The van der Waals surface area contributed by atoms with Gasteiger partial charge < -0.3 is 14.6 Å². The minimum absolute atomic E-state index is 0.224. The number of carbonyl (C=O) groups excluding carboxylic acids is 2. The van der Waals surface area contributed by atoms with Crippen LogP contribution in [0.2, 0.25) is 0 Å². The first-order valence-corrected chi connectivity index (χ1v) is 11.8. The lowest BCUT2D eigenvalue weighted by Gasteiger charge is -2.19. The lowest BCUT2D eigenvalue weighted by molar-refractivity contribution is -0.124. The largest absolute Gasteiger partial charge is 0.451 e. The third kappa shape index (κ3) is 5.33. The van der Waals surface area contributed by atoms with Gasteiger partial charge in [-0.3, -0.25) is 4.79 Å². The molecule has 1 N–H and O–H groups in total. The minimum atomic E-state index is -0.651. The number of carbonyl (C=O) groups is 2. The lowest BCUT2D eigenvalue weighted by atomic mass is 10.1. The number of esters is 1. The minimum Gasteiger partial charge on any atom is -0.451 e. The number of benzene rings is 3. The van der Waals surface area contributed by atoms with Gasteiger partial charge >= 0.3 is 5.97 Å². The highest BCUT2D eigenvalue weighted by Gasteiger charge is 2.23. The van der Waals surface area contributed by atoms with Crippen molar-refractivity contribution in [3.63, 3.8) is 0 Å². The summed E-state index contributed by atoms with van der Waals surface area (Å²) in [6.45, 7) is -0.451. The van der Waals surface area contributed by atoms with Gasteiger partial charge in [-0.1, -0.05) is 78.9 Å². The van der Waals surface area contributed by atoms with E-state index in [0.717, 1.165) is 11.1 Å². The van der Waals surface area contributed by atoms with Crippen molar-refractivity contribution >= 4 is 11.9 Å². The number of ether oxygens (including phenoxy) is 1. The van der Waals surface area contributed by atoms with Crippen LogP contribution in [0.4, 0.5) is 0 Å². The second kappa shape index (κ2) is 10.7. The number of rotatable bonds is 8. The smallest absolute Gasteiger partial charge is 0.357 e. The molecule has 0 bridgehead atoms. The molecule has 3 aromatic carbocycles. The Hall–Kier alpha value is -4.98. The molecule has 2 heterocycles. The van der Waals surface area contributed by atoms with Crippen molar-refractivity contribution in [3.05, 3.63) is 127 Å². The molecule has 0 aliphatic rings. The number of aromatic nitrogens is 4. The summed E-state index contributed by atoms with van der Waals surface area (Å²) in [6, 6.07) is 29.6. The van der Waals surface area contributed by atoms with E-state index >= 15 is 0 Å². The number of hydrogen-bond donors (Lipinski definition) is 1. The van der Waals surface area contributed by atoms with E-state index in [2.05, 4.69) is 15.4 Å². The predicted octanol–water partition coefficient (Wildman–Crippen LogP) is 4.34. The van der Waals surface area contributed by atoms with E-state index in [-0.39, 0.29) is 5.69 Å². The maximum Gasteiger partial charge on any atom is 0.357 e. The van der Waals surface area contributed by atoms with Gasteiger partial charge in [-0.05, 0) is 23.8 Å². The van der Waals surface area contributed by atoms with Crippen LogP contribution in [-0.2, 0) is 16.6 Å². The Kier molecular flexibility index (Phi) is 6.89. The van der Waals surface area contributed by atoms with Crippen LogP contribution in [0, 0.1) is 0 Å². The fourth-order valence-electron chi connectivity index (χ4n) is 4.05. The van der Waals surface area contributed by atoms with Gasteiger partial charge in [0.25, 0.3) is 5.91 Å². The molecular weight excluding hydrogens is 466 g/mol. The molecule has 8 nitrogen and oxygen atoms in total. The molecule has 5 rings (SSSR count). The molecule has 37 heavy (non-hydrogen) atoms. The summed E-state index contributed by atoms with van der Waals surface area (Å²) in [7, 11) is 1.86. The number of amides is 1. The highest BCUT2D eigenvalue weighted by atomic mass is 16.5. The van der Waals surface area contributed by atoms with Crippen molar-refractivity contribution < 1.29 is 14.3 Å². The van der Waals surface area contributed by atoms with Crippen molar-refractivity contribution in [2.24, 2.45) is 7.05 Å². The van der Waals surface area contributed by atoms with Crippen molar-refractivity contribution in [1.29, 1.82) is 0 Å². The number of aryl methyl sites for hydroxylation is 1. The maximum absolute atomic E-state index is 13.1. The van der Waals surface area contributed by atoms with Crippen LogP contribution < -0.4 is 5.32 Å². The van der Waals surface area contributed by atoms with E-state index in [0.29, 0.717) is 17.2 Å². The molecule has 8 heteroatoms. The summed E-state index contributed by atoms with van der Waals surface area (Å²) < 4.78 is 8.82. The van der Waals surface area contributed by atoms with Crippen LogP contribution in [0.15, 0.2) is 109 Å².